The predicted molar refractivity (Wildman–Crippen MR) is 69.1 cm³/mol. The van der Waals surface area contributed by atoms with Crippen LogP contribution >= 0.6 is 12.2 Å². The summed E-state index contributed by atoms with van der Waals surface area (Å²) >= 11 is 4.96. The number of amides is 2. The summed E-state index contributed by atoms with van der Waals surface area (Å²) < 4.78 is 0. The van der Waals surface area contributed by atoms with Gasteiger partial charge in [0.1, 0.15) is 6.04 Å². The second-order valence-corrected chi connectivity index (χ2v) is 5.05. The Hall–Kier alpha value is -1.17. The lowest BCUT2D eigenvalue weighted by atomic mass is 9.85. The first-order valence-electron chi connectivity index (χ1n) is 5.75. The second kappa shape index (κ2) is 5.00. The lowest BCUT2D eigenvalue weighted by molar-refractivity contribution is -0.142. The van der Waals surface area contributed by atoms with Crippen molar-refractivity contribution in [2.24, 2.45) is 16.9 Å². The number of hydrogen-bond donors (Lipinski definition) is 2. The molecular weight excluding hydrogens is 238 g/mol. The summed E-state index contributed by atoms with van der Waals surface area (Å²) in [5.41, 5.74) is 10.0. The number of primary amides is 1. The van der Waals surface area contributed by atoms with E-state index in [1.807, 2.05) is 6.92 Å². The highest BCUT2D eigenvalue weighted by molar-refractivity contribution is 7.80. The summed E-state index contributed by atoms with van der Waals surface area (Å²) in [6, 6.07) is -0.511. The third-order valence-corrected chi connectivity index (χ3v) is 4.02. The molecule has 0 spiro atoms. The monoisotopic (exact) mass is 257 g/mol. The average Bonchev–Trinajstić information content (AvgIpc) is 2.75. The van der Waals surface area contributed by atoms with E-state index in [2.05, 4.69) is 0 Å². The van der Waals surface area contributed by atoms with Gasteiger partial charge in [0, 0.05) is 6.54 Å². The highest BCUT2D eigenvalue weighted by atomic mass is 32.1. The quantitative estimate of drug-likeness (QED) is 0.702. The summed E-state index contributed by atoms with van der Waals surface area (Å²) in [4.78, 5) is 25.4. The van der Waals surface area contributed by atoms with E-state index in [9.17, 15) is 9.59 Å². The van der Waals surface area contributed by atoms with Gasteiger partial charge in [0.15, 0.2) is 0 Å². The number of nitrogens with zero attached hydrogens (tertiary/aromatic N) is 1. The van der Waals surface area contributed by atoms with Crippen LogP contribution in [0.4, 0.5) is 0 Å². The standard InChI is InChI=1S/C11H19N3O2S/c1-3-11(2,9(13)17)10(16)14-6-4-5-7(14)8(12)15/h7H,3-6H2,1-2H3,(H2,12,15)(H2,13,17). The first kappa shape index (κ1) is 13.9. The van der Waals surface area contributed by atoms with Crippen LogP contribution < -0.4 is 11.5 Å². The number of hydrogen-bond acceptors (Lipinski definition) is 3. The Kier molecular flexibility index (Phi) is 4.08. The van der Waals surface area contributed by atoms with Gasteiger partial charge in [0.25, 0.3) is 0 Å². The van der Waals surface area contributed by atoms with Crippen molar-refractivity contribution in [3.8, 4) is 0 Å². The van der Waals surface area contributed by atoms with Gasteiger partial charge in [-0.25, -0.2) is 0 Å². The van der Waals surface area contributed by atoms with Crippen molar-refractivity contribution in [1.82, 2.24) is 4.90 Å². The largest absolute Gasteiger partial charge is 0.392 e. The van der Waals surface area contributed by atoms with Crippen LogP contribution in [0.25, 0.3) is 0 Å². The molecule has 0 aromatic rings. The topological polar surface area (TPSA) is 89.4 Å². The van der Waals surface area contributed by atoms with Crippen LogP contribution in [0.5, 0.6) is 0 Å². The maximum Gasteiger partial charge on any atom is 0.240 e. The lowest BCUT2D eigenvalue weighted by Gasteiger charge is -2.33. The minimum Gasteiger partial charge on any atom is -0.392 e. The van der Waals surface area contributed by atoms with Crippen LogP contribution in [0.1, 0.15) is 33.1 Å². The number of carbonyl (C=O) groups is 2. The third-order valence-electron chi connectivity index (χ3n) is 3.57. The molecule has 2 amide bonds. The summed E-state index contributed by atoms with van der Waals surface area (Å²) in [5.74, 6) is -0.647. The number of likely N-dealkylation sites (tertiary alicyclic amines) is 1. The van der Waals surface area contributed by atoms with E-state index in [4.69, 9.17) is 23.7 Å². The average molecular weight is 257 g/mol. The van der Waals surface area contributed by atoms with Crippen LogP contribution in [0.15, 0.2) is 0 Å². The molecule has 96 valence electrons. The minimum atomic E-state index is -0.882. The van der Waals surface area contributed by atoms with Gasteiger partial charge in [-0.2, -0.15) is 0 Å². The van der Waals surface area contributed by atoms with Crippen molar-refractivity contribution in [1.29, 1.82) is 0 Å². The van der Waals surface area contributed by atoms with Crippen LogP contribution in [-0.4, -0.2) is 34.3 Å². The van der Waals surface area contributed by atoms with E-state index in [-0.39, 0.29) is 10.9 Å². The van der Waals surface area contributed by atoms with Gasteiger partial charge < -0.3 is 16.4 Å². The van der Waals surface area contributed by atoms with Crippen molar-refractivity contribution in [3.63, 3.8) is 0 Å². The molecule has 1 heterocycles. The Labute approximate surface area is 107 Å². The van der Waals surface area contributed by atoms with Gasteiger partial charge in [-0.15, -0.1) is 0 Å². The zero-order valence-electron chi connectivity index (χ0n) is 10.2. The second-order valence-electron chi connectivity index (χ2n) is 4.61. The Morgan fingerprint density at radius 3 is 2.47 bits per heavy atom. The van der Waals surface area contributed by atoms with E-state index in [0.29, 0.717) is 19.4 Å². The Morgan fingerprint density at radius 2 is 2.06 bits per heavy atom. The molecule has 0 aliphatic carbocycles. The summed E-state index contributed by atoms with van der Waals surface area (Å²) in [7, 11) is 0. The Morgan fingerprint density at radius 1 is 1.47 bits per heavy atom. The molecule has 1 aliphatic rings. The SMILES string of the molecule is CCC(C)(C(=O)N1CCCC1C(N)=O)C(N)=S. The van der Waals surface area contributed by atoms with Crippen LogP contribution in [-0.2, 0) is 9.59 Å². The maximum absolute atomic E-state index is 12.4. The number of nitrogens with two attached hydrogens (primary N) is 2. The van der Waals surface area contributed by atoms with Gasteiger partial charge in [-0.3, -0.25) is 9.59 Å². The van der Waals surface area contributed by atoms with Gasteiger partial charge in [0.05, 0.1) is 10.4 Å². The van der Waals surface area contributed by atoms with E-state index in [1.54, 1.807) is 6.92 Å². The number of thiocarbonyl (C=S) groups is 1. The molecule has 0 bridgehead atoms. The van der Waals surface area contributed by atoms with Gasteiger partial charge >= 0.3 is 0 Å². The number of carbonyl (C=O) groups excluding carboxylic acids is 2. The molecular formula is C11H19N3O2S. The molecule has 1 aliphatic heterocycles. The first-order valence-corrected chi connectivity index (χ1v) is 6.15. The minimum absolute atomic E-state index is 0.167. The molecule has 4 N–H and O–H groups in total. The molecule has 2 unspecified atom stereocenters. The van der Waals surface area contributed by atoms with Crippen LogP contribution in [0, 0.1) is 5.41 Å². The highest BCUT2D eigenvalue weighted by Crippen LogP contribution is 2.29. The molecule has 0 radical (unpaired) electrons. The molecule has 0 saturated carbocycles. The normalized spacial score (nSPS) is 23.2. The van der Waals surface area contributed by atoms with E-state index < -0.39 is 17.4 Å². The maximum atomic E-state index is 12.4. The fraction of sp³-hybridized carbons (Fsp3) is 0.727. The van der Waals surface area contributed by atoms with Crippen molar-refractivity contribution in [2.75, 3.05) is 6.54 Å². The summed E-state index contributed by atoms with van der Waals surface area (Å²) in [6.45, 7) is 4.12. The van der Waals surface area contributed by atoms with E-state index in [1.165, 1.54) is 4.90 Å². The summed E-state index contributed by atoms with van der Waals surface area (Å²) in [5, 5.41) is 0. The molecule has 1 rings (SSSR count). The fourth-order valence-electron chi connectivity index (χ4n) is 2.05. The lowest BCUT2D eigenvalue weighted by Crippen LogP contribution is -2.53. The van der Waals surface area contributed by atoms with Gasteiger partial charge in [-0.1, -0.05) is 19.1 Å². The highest BCUT2D eigenvalue weighted by Gasteiger charge is 2.43. The van der Waals surface area contributed by atoms with Crippen molar-refractivity contribution in [2.45, 2.75) is 39.2 Å². The Bertz CT molecular complexity index is 359. The smallest absolute Gasteiger partial charge is 0.240 e. The molecule has 0 aromatic heterocycles. The molecule has 0 aromatic carbocycles. The van der Waals surface area contributed by atoms with Gasteiger partial charge in [0.2, 0.25) is 11.8 Å². The Balaban J connectivity index is 2.96. The fourth-order valence-corrected chi connectivity index (χ4v) is 2.29. The molecule has 1 fully saturated rings. The number of rotatable bonds is 4. The summed E-state index contributed by atoms with van der Waals surface area (Å²) in [6.07, 6.45) is 1.93. The molecule has 2 atom stereocenters. The van der Waals surface area contributed by atoms with Crippen LogP contribution in [0.2, 0.25) is 0 Å². The van der Waals surface area contributed by atoms with Crippen molar-refractivity contribution >= 4 is 29.0 Å². The van der Waals surface area contributed by atoms with Crippen molar-refractivity contribution < 1.29 is 9.59 Å². The van der Waals surface area contributed by atoms with E-state index >= 15 is 0 Å². The molecule has 5 nitrogen and oxygen atoms in total. The third kappa shape index (κ3) is 2.41. The first-order chi connectivity index (χ1) is 7.84. The molecule has 17 heavy (non-hydrogen) atoms. The van der Waals surface area contributed by atoms with Crippen molar-refractivity contribution in [3.05, 3.63) is 0 Å². The van der Waals surface area contributed by atoms with Crippen LogP contribution in [0.3, 0.4) is 0 Å². The van der Waals surface area contributed by atoms with E-state index in [0.717, 1.165) is 6.42 Å². The van der Waals surface area contributed by atoms with Gasteiger partial charge in [-0.05, 0) is 26.2 Å². The zero-order valence-corrected chi connectivity index (χ0v) is 11.0. The molecule has 1 saturated heterocycles. The molecule has 6 heteroatoms. The zero-order chi connectivity index (χ0) is 13.2. The predicted octanol–water partition coefficient (Wildman–Crippen LogP) is 0.165.